The van der Waals surface area contributed by atoms with Crippen molar-refractivity contribution in [3.8, 4) is 0 Å². The van der Waals surface area contributed by atoms with Gasteiger partial charge in [-0.1, -0.05) is 30.3 Å². The van der Waals surface area contributed by atoms with Gasteiger partial charge in [-0.25, -0.2) is 4.79 Å². The van der Waals surface area contributed by atoms with Crippen molar-refractivity contribution in [2.24, 2.45) is 0 Å². The lowest BCUT2D eigenvalue weighted by molar-refractivity contribution is -0.127. The van der Waals surface area contributed by atoms with Crippen molar-refractivity contribution in [2.75, 3.05) is 0 Å². The number of nitrogens with one attached hydrogen (secondary N) is 2. The number of carbonyl (C=O) groups is 3. The van der Waals surface area contributed by atoms with E-state index in [1.807, 2.05) is 30.3 Å². The molecule has 1 rings (SSSR count). The summed E-state index contributed by atoms with van der Waals surface area (Å²) >= 11 is 0. The van der Waals surface area contributed by atoms with Crippen LogP contribution in [0.1, 0.15) is 40.2 Å². The predicted molar refractivity (Wildman–Crippen MR) is 91.6 cm³/mol. The third-order valence-corrected chi connectivity index (χ3v) is 3.22. The number of ether oxygens (including phenoxy) is 1. The Balaban J connectivity index is 2.61. The van der Waals surface area contributed by atoms with Gasteiger partial charge in [0.25, 0.3) is 0 Å². The Kier molecular flexibility index (Phi) is 6.95. The zero-order valence-electron chi connectivity index (χ0n) is 14.9. The van der Waals surface area contributed by atoms with Crippen LogP contribution >= 0.6 is 0 Å². The molecule has 0 radical (unpaired) electrons. The molecule has 6 heteroatoms. The van der Waals surface area contributed by atoms with E-state index in [1.54, 1.807) is 27.7 Å². The van der Waals surface area contributed by atoms with Crippen LogP contribution in [-0.4, -0.2) is 35.5 Å². The zero-order chi connectivity index (χ0) is 18.3. The fourth-order valence-corrected chi connectivity index (χ4v) is 1.99. The number of amides is 2. The molecular formula is C18H26N2O4. The number of carbonyl (C=O) groups excluding carboxylic acids is 3. The lowest BCUT2D eigenvalue weighted by Crippen LogP contribution is -2.51. The highest BCUT2D eigenvalue weighted by atomic mass is 16.6. The molecular weight excluding hydrogens is 308 g/mol. The molecule has 1 aromatic rings. The maximum atomic E-state index is 12.2. The van der Waals surface area contributed by atoms with Crippen LogP contribution in [0.3, 0.4) is 0 Å². The molecule has 0 bridgehead atoms. The second kappa shape index (κ2) is 8.47. The van der Waals surface area contributed by atoms with Crippen molar-refractivity contribution in [2.45, 2.75) is 58.7 Å². The summed E-state index contributed by atoms with van der Waals surface area (Å²) in [5.74, 6) is -0.575. The molecule has 0 saturated heterocycles. The normalized spacial score (nSPS) is 13.5. The Morgan fingerprint density at radius 1 is 1.08 bits per heavy atom. The molecule has 1 aromatic carbocycles. The van der Waals surface area contributed by atoms with E-state index in [-0.39, 0.29) is 5.78 Å². The van der Waals surface area contributed by atoms with Crippen LogP contribution in [0.5, 0.6) is 0 Å². The molecule has 0 aliphatic heterocycles. The Labute approximate surface area is 143 Å². The maximum absolute atomic E-state index is 12.2. The van der Waals surface area contributed by atoms with E-state index in [0.717, 1.165) is 5.56 Å². The summed E-state index contributed by atoms with van der Waals surface area (Å²) < 4.78 is 5.11. The highest BCUT2D eigenvalue weighted by molar-refractivity contribution is 5.91. The fourth-order valence-electron chi connectivity index (χ4n) is 1.99. The monoisotopic (exact) mass is 334 g/mol. The molecule has 0 fully saturated rings. The van der Waals surface area contributed by atoms with Gasteiger partial charge in [-0.2, -0.15) is 0 Å². The summed E-state index contributed by atoms with van der Waals surface area (Å²) in [5, 5.41) is 5.13. The molecule has 0 spiro atoms. The quantitative estimate of drug-likeness (QED) is 0.835. The lowest BCUT2D eigenvalue weighted by Gasteiger charge is -2.23. The van der Waals surface area contributed by atoms with Gasteiger partial charge in [0.15, 0.2) is 5.78 Å². The molecule has 2 atom stereocenters. The maximum Gasteiger partial charge on any atom is 0.408 e. The van der Waals surface area contributed by atoms with E-state index in [4.69, 9.17) is 4.74 Å². The van der Waals surface area contributed by atoms with Crippen molar-refractivity contribution in [1.29, 1.82) is 0 Å². The first kappa shape index (κ1) is 19.7. The number of hydrogen-bond donors (Lipinski definition) is 2. The van der Waals surface area contributed by atoms with Crippen molar-refractivity contribution < 1.29 is 19.1 Å². The largest absolute Gasteiger partial charge is 0.444 e. The fraction of sp³-hybridized carbons (Fsp3) is 0.500. The highest BCUT2D eigenvalue weighted by Crippen LogP contribution is 2.07. The standard InChI is InChI=1S/C18H26N2O4/c1-12(19-17(23)24-18(3,4)5)16(22)20-15(13(2)21)11-14-9-7-6-8-10-14/h6-10,12,15H,11H2,1-5H3,(H,19,23)(H,20,22)/t12-,15-/m0/s1. The lowest BCUT2D eigenvalue weighted by atomic mass is 10.0. The number of alkyl carbamates (subject to hydrolysis) is 1. The molecule has 0 aromatic heterocycles. The smallest absolute Gasteiger partial charge is 0.408 e. The van der Waals surface area contributed by atoms with Crippen molar-refractivity contribution in [1.82, 2.24) is 10.6 Å². The first-order valence-electron chi connectivity index (χ1n) is 7.93. The topological polar surface area (TPSA) is 84.5 Å². The van der Waals surface area contributed by atoms with E-state index in [0.29, 0.717) is 6.42 Å². The second-order valence-corrected chi connectivity index (χ2v) is 6.73. The SMILES string of the molecule is CC(=O)[C@H](Cc1ccccc1)NC(=O)[C@H](C)NC(=O)OC(C)(C)C. The van der Waals surface area contributed by atoms with E-state index in [2.05, 4.69) is 10.6 Å². The summed E-state index contributed by atoms with van der Waals surface area (Å²) in [7, 11) is 0. The molecule has 0 unspecified atom stereocenters. The summed E-state index contributed by atoms with van der Waals surface area (Å²) in [6.07, 6.45) is -0.270. The average molecular weight is 334 g/mol. The van der Waals surface area contributed by atoms with Crippen LogP contribution in [0.15, 0.2) is 30.3 Å². The number of Topliss-reactive ketones (excluding diaryl/α,β-unsaturated/α-hetero) is 1. The van der Waals surface area contributed by atoms with E-state index >= 15 is 0 Å². The Hall–Kier alpha value is -2.37. The van der Waals surface area contributed by atoms with Crippen LogP contribution in [0.25, 0.3) is 0 Å². The minimum absolute atomic E-state index is 0.142. The van der Waals surface area contributed by atoms with Crippen molar-refractivity contribution in [3.63, 3.8) is 0 Å². The minimum atomic E-state index is -0.808. The van der Waals surface area contributed by atoms with Gasteiger partial charge in [0.05, 0.1) is 6.04 Å². The predicted octanol–water partition coefficient (Wildman–Crippen LogP) is 2.22. The molecule has 2 amide bonds. The molecule has 2 N–H and O–H groups in total. The number of rotatable bonds is 6. The second-order valence-electron chi connectivity index (χ2n) is 6.73. The average Bonchev–Trinajstić information content (AvgIpc) is 2.45. The summed E-state index contributed by atoms with van der Waals surface area (Å²) in [6, 6.07) is 7.98. The van der Waals surface area contributed by atoms with Crippen LogP contribution in [0, 0.1) is 0 Å². The van der Waals surface area contributed by atoms with Gasteiger partial charge in [-0.05, 0) is 46.6 Å². The number of hydrogen-bond acceptors (Lipinski definition) is 4. The van der Waals surface area contributed by atoms with Gasteiger partial charge in [-0.3, -0.25) is 9.59 Å². The van der Waals surface area contributed by atoms with Crippen LogP contribution in [0.4, 0.5) is 4.79 Å². The minimum Gasteiger partial charge on any atom is -0.444 e. The molecule has 0 heterocycles. The van der Waals surface area contributed by atoms with E-state index in [1.165, 1.54) is 6.92 Å². The summed E-state index contributed by atoms with van der Waals surface area (Å²) in [6.45, 7) is 8.19. The van der Waals surface area contributed by atoms with Gasteiger partial charge in [0.2, 0.25) is 5.91 Å². The number of benzene rings is 1. The molecule has 24 heavy (non-hydrogen) atoms. The van der Waals surface area contributed by atoms with Crippen LogP contribution in [-0.2, 0) is 20.7 Å². The molecule has 132 valence electrons. The highest BCUT2D eigenvalue weighted by Gasteiger charge is 2.24. The molecule has 6 nitrogen and oxygen atoms in total. The number of ketones is 1. The van der Waals surface area contributed by atoms with Gasteiger partial charge >= 0.3 is 6.09 Å². The van der Waals surface area contributed by atoms with Gasteiger partial charge in [0, 0.05) is 0 Å². The molecule has 0 aliphatic carbocycles. The molecule has 0 aliphatic rings. The first-order chi connectivity index (χ1) is 11.1. The summed E-state index contributed by atoms with van der Waals surface area (Å²) in [4.78, 5) is 35.7. The van der Waals surface area contributed by atoms with E-state index < -0.39 is 29.7 Å². The zero-order valence-corrected chi connectivity index (χ0v) is 14.9. The Morgan fingerprint density at radius 3 is 2.17 bits per heavy atom. The summed E-state index contributed by atoms with van der Waals surface area (Å²) in [5.41, 5.74) is 0.306. The third-order valence-electron chi connectivity index (χ3n) is 3.22. The van der Waals surface area contributed by atoms with Gasteiger partial charge in [-0.15, -0.1) is 0 Å². The van der Waals surface area contributed by atoms with Gasteiger partial charge in [0.1, 0.15) is 11.6 Å². The van der Waals surface area contributed by atoms with Crippen LogP contribution in [0.2, 0.25) is 0 Å². The van der Waals surface area contributed by atoms with Crippen molar-refractivity contribution in [3.05, 3.63) is 35.9 Å². The van der Waals surface area contributed by atoms with Gasteiger partial charge < -0.3 is 15.4 Å². The van der Waals surface area contributed by atoms with Crippen molar-refractivity contribution >= 4 is 17.8 Å². The third kappa shape index (κ3) is 7.26. The van der Waals surface area contributed by atoms with E-state index in [9.17, 15) is 14.4 Å². The molecule has 0 saturated carbocycles. The Morgan fingerprint density at radius 2 is 1.67 bits per heavy atom. The first-order valence-corrected chi connectivity index (χ1v) is 7.93. The Bertz CT molecular complexity index is 578. The van der Waals surface area contributed by atoms with Crippen LogP contribution < -0.4 is 10.6 Å².